The first-order chi connectivity index (χ1) is 14.4. The molecule has 1 saturated carbocycles. The molecule has 3 rings (SSSR count). The van der Waals surface area contributed by atoms with Crippen LogP contribution >= 0.6 is 0 Å². The number of rotatable bonds is 10. The molecule has 0 bridgehead atoms. The quantitative estimate of drug-likeness (QED) is 0.445. The van der Waals surface area contributed by atoms with Crippen molar-refractivity contribution in [3.8, 4) is 5.75 Å². The van der Waals surface area contributed by atoms with E-state index in [-0.39, 0.29) is 18.8 Å². The number of esters is 1. The molecule has 0 radical (unpaired) electrons. The Labute approximate surface area is 178 Å². The number of benzene rings is 1. The van der Waals surface area contributed by atoms with Gasteiger partial charge in [0, 0.05) is 7.11 Å². The summed E-state index contributed by atoms with van der Waals surface area (Å²) in [6, 6.07) is 5.97. The van der Waals surface area contributed by atoms with Crippen molar-refractivity contribution in [1.82, 2.24) is 5.32 Å². The minimum Gasteiger partial charge on any atom is -0.482 e. The molecular formula is C23H33NO6. The first kappa shape index (κ1) is 22.6. The van der Waals surface area contributed by atoms with Gasteiger partial charge in [0.25, 0.3) is 0 Å². The Morgan fingerprint density at radius 1 is 1.27 bits per heavy atom. The van der Waals surface area contributed by atoms with Crippen LogP contribution in [0.2, 0.25) is 0 Å². The number of ether oxygens (including phenoxy) is 3. The van der Waals surface area contributed by atoms with Gasteiger partial charge < -0.3 is 19.3 Å². The number of carboxylic acids is 1. The van der Waals surface area contributed by atoms with E-state index in [1.165, 1.54) is 31.1 Å². The number of hydrogen-bond donors (Lipinski definition) is 2. The van der Waals surface area contributed by atoms with Crippen LogP contribution in [0.25, 0.3) is 0 Å². The van der Waals surface area contributed by atoms with Gasteiger partial charge in [-0.25, -0.2) is 9.59 Å². The summed E-state index contributed by atoms with van der Waals surface area (Å²) in [5.74, 6) is 1.22. The van der Waals surface area contributed by atoms with Crippen LogP contribution in [0.15, 0.2) is 18.2 Å². The third-order valence-corrected chi connectivity index (χ3v) is 6.69. The number of carbonyl (C=O) groups is 2. The third kappa shape index (κ3) is 5.32. The van der Waals surface area contributed by atoms with Crippen molar-refractivity contribution >= 4 is 11.9 Å². The molecule has 1 aromatic rings. The Morgan fingerprint density at radius 2 is 2.07 bits per heavy atom. The van der Waals surface area contributed by atoms with Gasteiger partial charge in [-0.2, -0.15) is 0 Å². The molecule has 5 unspecified atom stereocenters. The standard InChI is InChI=1S/C23H33NO6/c1-14(28-3)23(27)30-21(24-2)10-9-15-7-8-17-12-19-16(11-18(15)17)5-4-6-20(19)29-13-22(25)26/h4-6,14-15,17-18,21,24H,7-13H2,1-3H3,(H,25,26). The molecule has 0 aromatic heterocycles. The van der Waals surface area contributed by atoms with E-state index in [0.717, 1.165) is 25.7 Å². The van der Waals surface area contributed by atoms with Gasteiger partial charge in [-0.1, -0.05) is 12.1 Å². The summed E-state index contributed by atoms with van der Waals surface area (Å²) in [4.78, 5) is 22.9. The Hall–Kier alpha value is -2.12. The summed E-state index contributed by atoms with van der Waals surface area (Å²) in [5.41, 5.74) is 2.45. The zero-order valence-corrected chi connectivity index (χ0v) is 18.1. The zero-order valence-electron chi connectivity index (χ0n) is 18.1. The van der Waals surface area contributed by atoms with Gasteiger partial charge in [-0.15, -0.1) is 0 Å². The fraction of sp³-hybridized carbons (Fsp3) is 0.652. The van der Waals surface area contributed by atoms with Crippen LogP contribution in [0.3, 0.4) is 0 Å². The molecule has 7 heteroatoms. The van der Waals surface area contributed by atoms with E-state index < -0.39 is 12.1 Å². The summed E-state index contributed by atoms with van der Waals surface area (Å²) in [7, 11) is 3.31. The normalized spacial score (nSPS) is 24.4. The van der Waals surface area contributed by atoms with Gasteiger partial charge in [0.2, 0.25) is 0 Å². The molecule has 1 aromatic carbocycles. The summed E-state index contributed by atoms with van der Waals surface area (Å²) >= 11 is 0. The van der Waals surface area contributed by atoms with E-state index >= 15 is 0 Å². The minimum atomic E-state index is -0.957. The average Bonchev–Trinajstić information content (AvgIpc) is 3.14. The van der Waals surface area contributed by atoms with Crippen LogP contribution < -0.4 is 10.1 Å². The number of aliphatic carboxylic acids is 1. The van der Waals surface area contributed by atoms with Gasteiger partial charge in [0.1, 0.15) is 5.75 Å². The number of fused-ring (bicyclic) bond motifs is 2. The molecule has 5 atom stereocenters. The maximum Gasteiger partial charge on any atom is 0.341 e. The second-order valence-corrected chi connectivity index (χ2v) is 8.42. The molecule has 0 heterocycles. The predicted molar refractivity (Wildman–Crippen MR) is 111 cm³/mol. The van der Waals surface area contributed by atoms with Crippen molar-refractivity contribution in [3.05, 3.63) is 29.3 Å². The van der Waals surface area contributed by atoms with Gasteiger partial charge in [-0.05, 0) is 87.4 Å². The first-order valence-electron chi connectivity index (χ1n) is 10.8. The Bertz CT molecular complexity index is 751. The molecular weight excluding hydrogens is 386 g/mol. The monoisotopic (exact) mass is 419 g/mol. The van der Waals surface area contributed by atoms with Crippen molar-refractivity contribution in [2.75, 3.05) is 20.8 Å². The second kappa shape index (κ2) is 10.3. The van der Waals surface area contributed by atoms with Crippen molar-refractivity contribution in [2.45, 2.75) is 57.8 Å². The Balaban J connectivity index is 1.59. The van der Waals surface area contributed by atoms with Gasteiger partial charge in [-0.3, -0.25) is 5.32 Å². The highest BCUT2D eigenvalue weighted by Crippen LogP contribution is 2.48. The van der Waals surface area contributed by atoms with Gasteiger partial charge in [0.05, 0.1) is 0 Å². The molecule has 0 spiro atoms. The lowest BCUT2D eigenvalue weighted by atomic mass is 9.73. The maximum atomic E-state index is 12.0. The summed E-state index contributed by atoms with van der Waals surface area (Å²) in [6.07, 6.45) is 5.21. The fourth-order valence-electron chi connectivity index (χ4n) is 4.97. The maximum absolute atomic E-state index is 12.0. The van der Waals surface area contributed by atoms with Crippen molar-refractivity contribution < 1.29 is 28.9 Å². The highest BCUT2D eigenvalue weighted by atomic mass is 16.6. The van der Waals surface area contributed by atoms with Crippen LogP contribution in [0.5, 0.6) is 5.75 Å². The SMILES string of the molecule is CNC(CCC1CCC2Cc3c(cccc3OCC(=O)O)CC12)OC(=O)C(C)OC. The van der Waals surface area contributed by atoms with Gasteiger partial charge in [0.15, 0.2) is 18.9 Å². The first-order valence-corrected chi connectivity index (χ1v) is 10.8. The third-order valence-electron chi connectivity index (χ3n) is 6.69. The van der Waals surface area contributed by atoms with E-state index in [2.05, 4.69) is 11.4 Å². The molecule has 166 valence electrons. The molecule has 1 fully saturated rings. The largest absolute Gasteiger partial charge is 0.482 e. The lowest BCUT2D eigenvalue weighted by molar-refractivity contribution is -0.161. The zero-order chi connectivity index (χ0) is 21.7. The Morgan fingerprint density at radius 3 is 2.77 bits per heavy atom. The summed E-state index contributed by atoms with van der Waals surface area (Å²) in [5, 5.41) is 12.0. The second-order valence-electron chi connectivity index (χ2n) is 8.42. The number of carbonyl (C=O) groups excluding carboxylic acids is 1. The predicted octanol–water partition coefficient (Wildman–Crippen LogP) is 2.79. The summed E-state index contributed by atoms with van der Waals surface area (Å²) < 4.78 is 16.1. The van der Waals surface area contributed by atoms with Crippen LogP contribution in [-0.4, -0.2) is 50.1 Å². The lowest BCUT2D eigenvalue weighted by Crippen LogP contribution is -2.35. The van der Waals surface area contributed by atoms with Crippen molar-refractivity contribution in [3.63, 3.8) is 0 Å². The minimum absolute atomic E-state index is 0.305. The number of carboxylic acid groups (broad SMARTS) is 1. The molecule has 0 saturated heterocycles. The smallest absolute Gasteiger partial charge is 0.341 e. The molecule has 2 N–H and O–H groups in total. The highest BCUT2D eigenvalue weighted by Gasteiger charge is 2.40. The average molecular weight is 420 g/mol. The van der Waals surface area contributed by atoms with Gasteiger partial charge >= 0.3 is 11.9 Å². The summed E-state index contributed by atoms with van der Waals surface area (Å²) in [6.45, 7) is 1.38. The molecule has 2 aliphatic carbocycles. The van der Waals surface area contributed by atoms with E-state index in [9.17, 15) is 9.59 Å². The molecule has 30 heavy (non-hydrogen) atoms. The fourth-order valence-corrected chi connectivity index (χ4v) is 4.97. The molecule has 7 nitrogen and oxygen atoms in total. The molecule has 2 aliphatic rings. The Kier molecular flexibility index (Phi) is 7.72. The van der Waals surface area contributed by atoms with Crippen molar-refractivity contribution in [1.29, 1.82) is 0 Å². The number of hydrogen-bond acceptors (Lipinski definition) is 6. The van der Waals surface area contributed by atoms with Crippen LogP contribution in [-0.2, 0) is 31.9 Å². The topological polar surface area (TPSA) is 94.1 Å². The van der Waals surface area contributed by atoms with E-state index in [0.29, 0.717) is 23.5 Å². The van der Waals surface area contributed by atoms with Crippen LogP contribution in [0.1, 0.15) is 43.7 Å². The van der Waals surface area contributed by atoms with E-state index in [1.54, 1.807) is 6.92 Å². The number of methoxy groups -OCH3 is 1. The van der Waals surface area contributed by atoms with E-state index in [4.69, 9.17) is 19.3 Å². The van der Waals surface area contributed by atoms with E-state index in [1.807, 2.05) is 19.2 Å². The number of nitrogens with one attached hydrogen (secondary N) is 1. The highest BCUT2D eigenvalue weighted by molar-refractivity contribution is 5.74. The van der Waals surface area contributed by atoms with Crippen LogP contribution in [0.4, 0.5) is 0 Å². The van der Waals surface area contributed by atoms with Crippen LogP contribution in [0, 0.1) is 17.8 Å². The molecule has 0 amide bonds. The molecule has 0 aliphatic heterocycles. The lowest BCUT2D eigenvalue weighted by Gasteiger charge is -2.32. The van der Waals surface area contributed by atoms with Crippen molar-refractivity contribution in [2.24, 2.45) is 17.8 Å².